The lowest BCUT2D eigenvalue weighted by Gasteiger charge is -2.06. The van der Waals surface area contributed by atoms with Crippen molar-refractivity contribution in [3.05, 3.63) is 16.4 Å². The fourth-order valence-corrected chi connectivity index (χ4v) is 1.20. The van der Waals surface area contributed by atoms with Gasteiger partial charge in [0, 0.05) is 6.07 Å². The molecule has 0 atom stereocenters. The fourth-order valence-electron chi connectivity index (χ4n) is 0.721. The van der Waals surface area contributed by atoms with Crippen molar-refractivity contribution in [2.24, 2.45) is 0 Å². The molecule has 0 spiro atoms. The summed E-state index contributed by atoms with van der Waals surface area (Å²) in [5, 5.41) is 0.451. The molecule has 0 aromatic carbocycles. The van der Waals surface area contributed by atoms with Crippen LogP contribution in [-0.4, -0.2) is 19.2 Å². The zero-order chi connectivity index (χ0) is 9.14. The minimum Gasteiger partial charge on any atom is -0.493 e. The van der Waals surface area contributed by atoms with Crippen molar-refractivity contribution >= 4 is 23.2 Å². The Balaban J connectivity index is 3.18. The first-order valence-corrected chi connectivity index (χ1v) is 3.88. The lowest BCUT2D eigenvalue weighted by atomic mass is 10.4. The van der Waals surface area contributed by atoms with E-state index in [1.165, 1.54) is 14.2 Å². The standard InChI is InChI=1S/C7H7Cl2NO2/c1-11-4-3-5(12-2)7(9)10-6(4)8/h3H,1-2H3. The Hall–Kier alpha value is -0.670. The SMILES string of the molecule is COc1cc(OC)c(Cl)nc1Cl. The van der Waals surface area contributed by atoms with Gasteiger partial charge >= 0.3 is 0 Å². The van der Waals surface area contributed by atoms with Crippen LogP contribution in [0.15, 0.2) is 6.07 Å². The molecular weight excluding hydrogens is 201 g/mol. The predicted molar refractivity (Wildman–Crippen MR) is 47.4 cm³/mol. The van der Waals surface area contributed by atoms with Gasteiger partial charge in [-0.1, -0.05) is 23.2 Å². The van der Waals surface area contributed by atoms with Gasteiger partial charge in [-0.25, -0.2) is 4.98 Å². The third-order valence-electron chi connectivity index (χ3n) is 1.30. The molecule has 1 aromatic rings. The number of halogens is 2. The fraction of sp³-hybridized carbons (Fsp3) is 0.286. The van der Waals surface area contributed by atoms with Crippen molar-refractivity contribution in [2.45, 2.75) is 0 Å². The lowest BCUT2D eigenvalue weighted by molar-refractivity contribution is 0.391. The molecule has 0 amide bonds. The highest BCUT2D eigenvalue weighted by Crippen LogP contribution is 2.31. The van der Waals surface area contributed by atoms with Crippen LogP contribution in [0.3, 0.4) is 0 Å². The Labute approximate surface area is 80.2 Å². The van der Waals surface area contributed by atoms with Gasteiger partial charge in [0.15, 0.2) is 21.8 Å². The van der Waals surface area contributed by atoms with Gasteiger partial charge in [-0.15, -0.1) is 0 Å². The van der Waals surface area contributed by atoms with E-state index in [1.54, 1.807) is 6.07 Å². The molecule has 0 fully saturated rings. The van der Waals surface area contributed by atoms with E-state index < -0.39 is 0 Å². The van der Waals surface area contributed by atoms with Gasteiger partial charge in [-0.2, -0.15) is 0 Å². The zero-order valence-corrected chi connectivity index (χ0v) is 8.11. The Morgan fingerprint density at radius 1 is 1.08 bits per heavy atom. The molecule has 0 saturated carbocycles. The minimum atomic E-state index is 0.225. The van der Waals surface area contributed by atoms with Crippen molar-refractivity contribution in [2.75, 3.05) is 14.2 Å². The van der Waals surface area contributed by atoms with Crippen molar-refractivity contribution in [1.82, 2.24) is 4.98 Å². The zero-order valence-electron chi connectivity index (χ0n) is 6.60. The van der Waals surface area contributed by atoms with Gasteiger partial charge in [0.25, 0.3) is 0 Å². The molecule has 1 aromatic heterocycles. The first-order valence-electron chi connectivity index (χ1n) is 3.13. The molecule has 0 aliphatic heterocycles. The average Bonchev–Trinajstić information content (AvgIpc) is 2.05. The average molecular weight is 208 g/mol. The molecule has 1 heterocycles. The van der Waals surface area contributed by atoms with Crippen LogP contribution in [0.4, 0.5) is 0 Å². The summed E-state index contributed by atoms with van der Waals surface area (Å²) in [6.45, 7) is 0. The topological polar surface area (TPSA) is 31.4 Å². The van der Waals surface area contributed by atoms with Crippen LogP contribution in [0, 0.1) is 0 Å². The molecule has 0 unspecified atom stereocenters. The number of nitrogens with zero attached hydrogens (tertiary/aromatic N) is 1. The lowest BCUT2D eigenvalue weighted by Crippen LogP contribution is -1.91. The number of ether oxygens (including phenoxy) is 2. The first kappa shape index (κ1) is 9.42. The van der Waals surface area contributed by atoms with Gasteiger partial charge in [-0.3, -0.25) is 0 Å². The van der Waals surface area contributed by atoms with E-state index in [2.05, 4.69) is 4.98 Å². The molecule has 5 heteroatoms. The van der Waals surface area contributed by atoms with E-state index in [0.29, 0.717) is 11.5 Å². The van der Waals surface area contributed by atoms with E-state index >= 15 is 0 Å². The minimum absolute atomic E-state index is 0.225. The molecule has 0 radical (unpaired) electrons. The van der Waals surface area contributed by atoms with Crippen LogP contribution in [0.25, 0.3) is 0 Å². The molecule has 0 aliphatic carbocycles. The largest absolute Gasteiger partial charge is 0.493 e. The van der Waals surface area contributed by atoms with Crippen molar-refractivity contribution in [1.29, 1.82) is 0 Å². The molecule has 66 valence electrons. The van der Waals surface area contributed by atoms with Crippen molar-refractivity contribution in [3.8, 4) is 11.5 Å². The molecule has 0 saturated heterocycles. The summed E-state index contributed by atoms with van der Waals surface area (Å²) in [6, 6.07) is 1.58. The summed E-state index contributed by atoms with van der Waals surface area (Å²) in [5.41, 5.74) is 0. The van der Waals surface area contributed by atoms with Gasteiger partial charge in [0.1, 0.15) is 0 Å². The van der Waals surface area contributed by atoms with Gasteiger partial charge in [0.2, 0.25) is 0 Å². The Kier molecular flexibility index (Phi) is 3.00. The number of pyridine rings is 1. The number of hydrogen-bond acceptors (Lipinski definition) is 3. The summed E-state index contributed by atoms with van der Waals surface area (Å²) < 4.78 is 9.82. The normalized spacial score (nSPS) is 9.67. The maximum atomic E-state index is 5.68. The van der Waals surface area contributed by atoms with Crippen LogP contribution in [0.5, 0.6) is 11.5 Å². The summed E-state index contributed by atoms with van der Waals surface area (Å²) >= 11 is 11.4. The molecule has 0 N–H and O–H groups in total. The number of methoxy groups -OCH3 is 2. The Morgan fingerprint density at radius 3 is 1.83 bits per heavy atom. The van der Waals surface area contributed by atoms with Gasteiger partial charge in [-0.05, 0) is 0 Å². The van der Waals surface area contributed by atoms with Crippen LogP contribution >= 0.6 is 23.2 Å². The number of rotatable bonds is 2. The quantitative estimate of drug-likeness (QED) is 0.699. The molecule has 0 bridgehead atoms. The van der Waals surface area contributed by atoms with Gasteiger partial charge in [0.05, 0.1) is 14.2 Å². The highest BCUT2D eigenvalue weighted by atomic mass is 35.5. The van der Waals surface area contributed by atoms with Crippen LogP contribution in [-0.2, 0) is 0 Å². The third kappa shape index (κ3) is 1.73. The third-order valence-corrected chi connectivity index (χ3v) is 1.85. The maximum Gasteiger partial charge on any atom is 0.172 e. The summed E-state index contributed by atoms with van der Waals surface area (Å²) in [5.74, 6) is 0.885. The van der Waals surface area contributed by atoms with Gasteiger partial charge < -0.3 is 9.47 Å². The summed E-state index contributed by atoms with van der Waals surface area (Å²) in [7, 11) is 2.99. The molecule has 1 rings (SSSR count). The van der Waals surface area contributed by atoms with Crippen molar-refractivity contribution in [3.63, 3.8) is 0 Å². The summed E-state index contributed by atoms with van der Waals surface area (Å²) in [4.78, 5) is 3.80. The second-order valence-electron chi connectivity index (χ2n) is 1.97. The Bertz CT molecular complexity index is 266. The maximum absolute atomic E-state index is 5.68. The van der Waals surface area contributed by atoms with Crippen LogP contribution < -0.4 is 9.47 Å². The van der Waals surface area contributed by atoms with Crippen LogP contribution in [0.1, 0.15) is 0 Å². The van der Waals surface area contributed by atoms with E-state index in [0.717, 1.165) is 0 Å². The smallest absolute Gasteiger partial charge is 0.172 e. The van der Waals surface area contributed by atoms with E-state index in [-0.39, 0.29) is 10.3 Å². The second kappa shape index (κ2) is 3.83. The molecular formula is C7H7Cl2NO2. The first-order chi connectivity index (χ1) is 5.69. The molecule has 3 nitrogen and oxygen atoms in total. The second-order valence-corrected chi connectivity index (χ2v) is 2.69. The number of aromatic nitrogens is 1. The monoisotopic (exact) mass is 207 g/mol. The summed E-state index contributed by atoms with van der Waals surface area (Å²) in [6.07, 6.45) is 0. The molecule has 0 aliphatic rings. The predicted octanol–water partition coefficient (Wildman–Crippen LogP) is 2.41. The van der Waals surface area contributed by atoms with E-state index in [4.69, 9.17) is 32.7 Å². The van der Waals surface area contributed by atoms with Crippen LogP contribution in [0.2, 0.25) is 10.3 Å². The Morgan fingerprint density at radius 2 is 1.50 bits per heavy atom. The molecule has 12 heavy (non-hydrogen) atoms. The highest BCUT2D eigenvalue weighted by molar-refractivity contribution is 6.34. The van der Waals surface area contributed by atoms with E-state index in [9.17, 15) is 0 Å². The highest BCUT2D eigenvalue weighted by Gasteiger charge is 2.08. The van der Waals surface area contributed by atoms with E-state index in [1.807, 2.05) is 0 Å². The number of hydrogen-bond donors (Lipinski definition) is 0. The van der Waals surface area contributed by atoms with Crippen molar-refractivity contribution < 1.29 is 9.47 Å².